The van der Waals surface area contributed by atoms with Crippen LogP contribution in [0.3, 0.4) is 0 Å². The second kappa shape index (κ2) is 3.78. The zero-order chi connectivity index (χ0) is 11.7. The number of rotatable bonds is 3. The summed E-state index contributed by atoms with van der Waals surface area (Å²) in [5.41, 5.74) is 6.42. The fourth-order valence-corrected chi connectivity index (χ4v) is 1.35. The van der Waals surface area contributed by atoms with E-state index < -0.39 is 12.0 Å². The molecule has 1 atom stereocenters. The molecule has 0 spiro atoms. The van der Waals surface area contributed by atoms with E-state index in [9.17, 15) is 4.79 Å². The van der Waals surface area contributed by atoms with Crippen LogP contribution in [0.5, 0.6) is 5.88 Å². The Hall–Kier alpha value is -2.15. The molecule has 2 rings (SSSR count). The summed E-state index contributed by atoms with van der Waals surface area (Å²) in [7, 11) is 1.47. The number of methoxy groups -OCH3 is 1. The van der Waals surface area contributed by atoms with Gasteiger partial charge in [0, 0.05) is 0 Å². The van der Waals surface area contributed by atoms with Gasteiger partial charge in [0.1, 0.15) is 6.04 Å². The van der Waals surface area contributed by atoms with E-state index in [-0.39, 0.29) is 0 Å². The molecule has 0 aliphatic rings. The summed E-state index contributed by atoms with van der Waals surface area (Å²) < 4.78 is 6.49. The van der Waals surface area contributed by atoms with Gasteiger partial charge < -0.3 is 15.6 Å². The van der Waals surface area contributed by atoms with Crippen LogP contribution in [0, 0.1) is 0 Å². The molecule has 84 valence electrons. The van der Waals surface area contributed by atoms with E-state index in [1.54, 1.807) is 10.6 Å². The van der Waals surface area contributed by atoms with Crippen LogP contribution in [0.1, 0.15) is 11.7 Å². The van der Waals surface area contributed by atoms with Crippen molar-refractivity contribution in [3.63, 3.8) is 0 Å². The number of carbonyl (C=O) groups is 1. The van der Waals surface area contributed by atoms with Gasteiger partial charge in [-0.3, -0.25) is 9.20 Å². The Morgan fingerprint density at radius 3 is 2.94 bits per heavy atom. The van der Waals surface area contributed by atoms with Crippen LogP contribution < -0.4 is 10.5 Å². The lowest BCUT2D eigenvalue weighted by atomic mass is 10.2. The van der Waals surface area contributed by atoms with Gasteiger partial charge in [0.15, 0.2) is 5.65 Å². The predicted molar refractivity (Wildman–Crippen MR) is 54.1 cm³/mol. The third kappa shape index (κ3) is 1.57. The third-order valence-corrected chi connectivity index (χ3v) is 2.19. The number of hydrogen-bond donors (Lipinski definition) is 2. The third-order valence-electron chi connectivity index (χ3n) is 2.19. The zero-order valence-electron chi connectivity index (χ0n) is 8.49. The molecule has 0 saturated heterocycles. The Balaban J connectivity index is 2.57. The second-order valence-corrected chi connectivity index (χ2v) is 3.16. The summed E-state index contributed by atoms with van der Waals surface area (Å²) in [5.74, 6) is -0.748. The quantitative estimate of drug-likeness (QED) is 0.746. The first kappa shape index (κ1) is 10.4. The van der Waals surface area contributed by atoms with Crippen LogP contribution in [-0.4, -0.2) is 32.6 Å². The van der Waals surface area contributed by atoms with Crippen LogP contribution >= 0.6 is 0 Å². The standard InChI is InChI=1S/C9H10N4O3/c1-16-7-4-13-5(8(10)9(14)15)2-11-6(13)3-12-7/h2-4,8H,10H2,1H3,(H,14,15). The van der Waals surface area contributed by atoms with Crippen LogP contribution in [0.25, 0.3) is 5.65 Å². The molecule has 0 aliphatic heterocycles. The monoisotopic (exact) mass is 222 g/mol. The number of aromatic nitrogens is 3. The summed E-state index contributed by atoms with van der Waals surface area (Å²) in [6, 6.07) is -1.12. The molecule has 0 aliphatic carbocycles. The molecule has 7 heteroatoms. The number of hydrogen-bond acceptors (Lipinski definition) is 5. The van der Waals surface area contributed by atoms with Crippen molar-refractivity contribution in [3.05, 3.63) is 24.3 Å². The molecule has 16 heavy (non-hydrogen) atoms. The van der Waals surface area contributed by atoms with E-state index >= 15 is 0 Å². The average molecular weight is 222 g/mol. The summed E-state index contributed by atoms with van der Waals surface area (Å²) in [4.78, 5) is 18.7. The van der Waals surface area contributed by atoms with Crippen molar-refractivity contribution < 1.29 is 14.6 Å². The minimum absolute atomic E-state index is 0.365. The first-order chi connectivity index (χ1) is 7.63. The van der Waals surface area contributed by atoms with Gasteiger partial charge in [-0.05, 0) is 0 Å². The first-order valence-corrected chi connectivity index (χ1v) is 4.49. The van der Waals surface area contributed by atoms with Gasteiger partial charge in [0.2, 0.25) is 5.88 Å². The Labute approximate surface area is 90.5 Å². The Bertz CT molecular complexity index is 537. The van der Waals surface area contributed by atoms with Gasteiger partial charge in [0.05, 0.1) is 31.4 Å². The molecule has 2 heterocycles. The maximum absolute atomic E-state index is 10.8. The highest BCUT2D eigenvalue weighted by Gasteiger charge is 2.18. The highest BCUT2D eigenvalue weighted by Crippen LogP contribution is 2.15. The number of imidazole rings is 1. The van der Waals surface area contributed by atoms with Crippen molar-refractivity contribution in [3.8, 4) is 5.88 Å². The van der Waals surface area contributed by atoms with Crippen LogP contribution in [0.15, 0.2) is 18.6 Å². The minimum Gasteiger partial charge on any atom is -0.480 e. The lowest BCUT2D eigenvalue weighted by Crippen LogP contribution is -2.22. The molecule has 1 unspecified atom stereocenters. The molecule has 0 bridgehead atoms. The van der Waals surface area contributed by atoms with Gasteiger partial charge in [-0.25, -0.2) is 9.97 Å². The Morgan fingerprint density at radius 2 is 2.31 bits per heavy atom. The predicted octanol–water partition coefficient (Wildman–Crippen LogP) is -0.178. The van der Waals surface area contributed by atoms with E-state index in [1.165, 1.54) is 19.5 Å². The smallest absolute Gasteiger partial charge is 0.326 e. The molecule has 0 radical (unpaired) electrons. The number of aliphatic carboxylic acids is 1. The van der Waals surface area contributed by atoms with Crippen molar-refractivity contribution in [2.24, 2.45) is 5.73 Å². The molecule has 7 nitrogen and oxygen atoms in total. The highest BCUT2D eigenvalue weighted by molar-refractivity contribution is 5.74. The molecule has 0 fully saturated rings. The molecule has 3 N–H and O–H groups in total. The molecule has 0 aromatic carbocycles. The number of carboxylic acids is 1. The number of fused-ring (bicyclic) bond motifs is 1. The van der Waals surface area contributed by atoms with E-state index in [4.69, 9.17) is 15.6 Å². The summed E-state index contributed by atoms with van der Waals surface area (Å²) in [6.07, 6.45) is 4.44. The van der Waals surface area contributed by atoms with Crippen molar-refractivity contribution >= 4 is 11.6 Å². The minimum atomic E-state index is -1.12. The van der Waals surface area contributed by atoms with Crippen molar-refractivity contribution in [2.45, 2.75) is 6.04 Å². The molecule has 0 saturated carbocycles. The van der Waals surface area contributed by atoms with E-state index in [1.807, 2.05) is 0 Å². The molecular weight excluding hydrogens is 212 g/mol. The Morgan fingerprint density at radius 1 is 1.56 bits per heavy atom. The van der Waals surface area contributed by atoms with Gasteiger partial charge >= 0.3 is 5.97 Å². The number of nitrogens with two attached hydrogens (primary N) is 1. The molecule has 2 aromatic heterocycles. The Kier molecular flexibility index (Phi) is 2.45. The van der Waals surface area contributed by atoms with E-state index in [0.717, 1.165) is 0 Å². The summed E-state index contributed by atoms with van der Waals surface area (Å²) >= 11 is 0. The lowest BCUT2D eigenvalue weighted by Gasteiger charge is -2.06. The fourth-order valence-electron chi connectivity index (χ4n) is 1.35. The normalized spacial score (nSPS) is 12.6. The zero-order valence-corrected chi connectivity index (χ0v) is 8.49. The first-order valence-electron chi connectivity index (χ1n) is 4.49. The number of ether oxygens (including phenoxy) is 1. The highest BCUT2D eigenvalue weighted by atomic mass is 16.5. The topological polar surface area (TPSA) is 103 Å². The maximum Gasteiger partial charge on any atom is 0.326 e. The van der Waals surface area contributed by atoms with Crippen molar-refractivity contribution in [2.75, 3.05) is 7.11 Å². The molecule has 2 aromatic rings. The van der Waals surface area contributed by atoms with Crippen LogP contribution in [0.2, 0.25) is 0 Å². The van der Waals surface area contributed by atoms with Gasteiger partial charge in [-0.15, -0.1) is 0 Å². The number of carboxylic acid groups (broad SMARTS) is 1. The van der Waals surface area contributed by atoms with Gasteiger partial charge in [-0.2, -0.15) is 0 Å². The summed E-state index contributed by atoms with van der Waals surface area (Å²) in [6.45, 7) is 0. The molecular formula is C9H10N4O3. The summed E-state index contributed by atoms with van der Waals surface area (Å²) in [5, 5.41) is 8.83. The van der Waals surface area contributed by atoms with Crippen molar-refractivity contribution in [1.82, 2.24) is 14.4 Å². The van der Waals surface area contributed by atoms with E-state index in [0.29, 0.717) is 17.2 Å². The second-order valence-electron chi connectivity index (χ2n) is 3.16. The fraction of sp³-hybridized carbons (Fsp3) is 0.222. The van der Waals surface area contributed by atoms with Crippen molar-refractivity contribution in [1.29, 1.82) is 0 Å². The SMILES string of the molecule is COc1cn2c(C(N)C(=O)O)cnc2cn1. The average Bonchev–Trinajstić information content (AvgIpc) is 2.70. The number of nitrogens with zero attached hydrogens (tertiary/aromatic N) is 3. The van der Waals surface area contributed by atoms with Gasteiger partial charge in [0.25, 0.3) is 0 Å². The maximum atomic E-state index is 10.8. The lowest BCUT2D eigenvalue weighted by molar-refractivity contribution is -0.138. The van der Waals surface area contributed by atoms with Crippen LogP contribution in [0.4, 0.5) is 0 Å². The van der Waals surface area contributed by atoms with E-state index in [2.05, 4.69) is 9.97 Å². The molecule has 0 amide bonds. The van der Waals surface area contributed by atoms with Crippen LogP contribution in [-0.2, 0) is 4.79 Å². The largest absolute Gasteiger partial charge is 0.480 e. The van der Waals surface area contributed by atoms with Gasteiger partial charge in [-0.1, -0.05) is 0 Å².